The fourth-order valence-electron chi connectivity index (χ4n) is 2.11. The summed E-state index contributed by atoms with van der Waals surface area (Å²) in [5, 5.41) is 0. The predicted molar refractivity (Wildman–Crippen MR) is 86.6 cm³/mol. The zero-order valence-corrected chi connectivity index (χ0v) is 13.9. The summed E-state index contributed by atoms with van der Waals surface area (Å²) >= 11 is 3.40. The van der Waals surface area contributed by atoms with Crippen LogP contribution in [0.1, 0.15) is 26.7 Å². The molecule has 2 rings (SSSR count). The summed E-state index contributed by atoms with van der Waals surface area (Å²) in [4.78, 5) is 11.1. The molecule has 2 aromatic heterocycles. The van der Waals surface area contributed by atoms with Gasteiger partial charge in [-0.05, 0) is 62.3 Å². The Morgan fingerprint density at radius 3 is 2.85 bits per heavy atom. The van der Waals surface area contributed by atoms with Crippen molar-refractivity contribution in [2.75, 3.05) is 19.3 Å². The maximum atomic E-state index is 5.98. The average molecular weight is 340 g/mol. The van der Waals surface area contributed by atoms with Crippen LogP contribution in [-0.2, 0) is 6.54 Å². The van der Waals surface area contributed by atoms with Gasteiger partial charge < -0.3 is 10.6 Å². The van der Waals surface area contributed by atoms with Crippen molar-refractivity contribution in [2.45, 2.75) is 39.3 Å². The van der Waals surface area contributed by atoms with E-state index in [1.54, 1.807) is 6.20 Å². The highest BCUT2D eigenvalue weighted by Crippen LogP contribution is 2.20. The monoisotopic (exact) mass is 339 g/mol. The normalized spacial score (nSPS) is 11.9. The number of fused-ring (bicyclic) bond motifs is 1. The maximum Gasteiger partial charge on any atom is 0.202 e. The third kappa shape index (κ3) is 3.49. The van der Waals surface area contributed by atoms with Gasteiger partial charge in [0.2, 0.25) is 5.95 Å². The fraction of sp³-hybridized carbons (Fsp3) is 0.571. The molecule has 2 heterocycles. The van der Waals surface area contributed by atoms with E-state index in [9.17, 15) is 0 Å². The largest absolute Gasteiger partial charge is 0.369 e. The van der Waals surface area contributed by atoms with E-state index in [0.29, 0.717) is 12.0 Å². The molecule has 0 aliphatic heterocycles. The van der Waals surface area contributed by atoms with Crippen molar-refractivity contribution in [3.05, 3.63) is 16.7 Å². The number of hydrogen-bond donors (Lipinski definition) is 1. The smallest absolute Gasteiger partial charge is 0.202 e. The Bertz CT molecular complexity index is 578. The van der Waals surface area contributed by atoms with E-state index in [4.69, 9.17) is 5.73 Å². The van der Waals surface area contributed by atoms with Gasteiger partial charge in [-0.15, -0.1) is 0 Å². The van der Waals surface area contributed by atoms with Crippen LogP contribution in [0.5, 0.6) is 0 Å². The predicted octanol–water partition coefficient (Wildman–Crippen LogP) is 2.90. The summed E-state index contributed by atoms with van der Waals surface area (Å²) in [5.41, 5.74) is 7.69. The second kappa shape index (κ2) is 6.54. The first kappa shape index (κ1) is 15.3. The number of anilines is 1. The van der Waals surface area contributed by atoms with Crippen molar-refractivity contribution in [1.82, 2.24) is 19.4 Å². The van der Waals surface area contributed by atoms with Gasteiger partial charge in [-0.3, -0.25) is 4.57 Å². The lowest BCUT2D eigenvalue weighted by atomic mass is 10.2. The summed E-state index contributed by atoms with van der Waals surface area (Å²) in [6, 6.07) is 2.54. The van der Waals surface area contributed by atoms with Crippen LogP contribution in [0.25, 0.3) is 11.2 Å². The summed E-state index contributed by atoms with van der Waals surface area (Å²) in [5.74, 6) is 0.544. The first-order chi connectivity index (χ1) is 9.49. The van der Waals surface area contributed by atoms with Gasteiger partial charge >= 0.3 is 0 Å². The van der Waals surface area contributed by atoms with Gasteiger partial charge in [0.05, 0.1) is 0 Å². The summed E-state index contributed by atoms with van der Waals surface area (Å²) in [6.45, 7) is 6.39. The zero-order valence-electron chi connectivity index (χ0n) is 12.3. The van der Waals surface area contributed by atoms with E-state index >= 15 is 0 Å². The van der Waals surface area contributed by atoms with Crippen LogP contribution in [0, 0.1) is 0 Å². The number of nitrogens with zero attached hydrogens (tertiary/aromatic N) is 4. The van der Waals surface area contributed by atoms with Crippen molar-refractivity contribution >= 4 is 33.0 Å². The van der Waals surface area contributed by atoms with Gasteiger partial charge in [0, 0.05) is 23.3 Å². The first-order valence-electron chi connectivity index (χ1n) is 6.96. The zero-order chi connectivity index (χ0) is 14.7. The van der Waals surface area contributed by atoms with E-state index < -0.39 is 0 Å². The molecule has 0 aromatic carbocycles. The number of nitrogens with two attached hydrogens (primary N) is 1. The molecule has 6 heteroatoms. The van der Waals surface area contributed by atoms with Crippen LogP contribution in [0.2, 0.25) is 0 Å². The highest BCUT2D eigenvalue weighted by Gasteiger charge is 2.10. The van der Waals surface area contributed by atoms with Crippen LogP contribution in [0.15, 0.2) is 16.7 Å². The highest BCUT2D eigenvalue weighted by molar-refractivity contribution is 9.10. The number of unbranched alkanes of at least 4 members (excludes halogenated alkanes) is 1. The number of hydrogen-bond acceptors (Lipinski definition) is 4. The summed E-state index contributed by atoms with van der Waals surface area (Å²) in [6.07, 6.45) is 4.00. The molecule has 2 aromatic rings. The molecule has 0 saturated heterocycles. The topological polar surface area (TPSA) is 60.0 Å². The molecule has 2 N–H and O–H groups in total. The second-order valence-corrected chi connectivity index (χ2v) is 6.32. The molecule has 0 saturated carbocycles. The molecule has 0 spiro atoms. The SMILES string of the molecule is CC(C)N(C)CCCCn1c(N)nc2cc(Br)cnc21. The Labute approximate surface area is 128 Å². The average Bonchev–Trinajstić information content (AvgIpc) is 2.69. The Balaban J connectivity index is 1.98. The Hall–Kier alpha value is -1.14. The van der Waals surface area contributed by atoms with Crippen LogP contribution in [0.3, 0.4) is 0 Å². The van der Waals surface area contributed by atoms with Gasteiger partial charge in [-0.2, -0.15) is 0 Å². The van der Waals surface area contributed by atoms with Crippen LogP contribution in [-0.4, -0.2) is 39.1 Å². The maximum absolute atomic E-state index is 5.98. The van der Waals surface area contributed by atoms with E-state index in [1.807, 2.05) is 10.6 Å². The van der Waals surface area contributed by atoms with Gasteiger partial charge in [-0.1, -0.05) is 0 Å². The molecule has 0 atom stereocenters. The minimum absolute atomic E-state index is 0.544. The number of imidazole rings is 1. The lowest BCUT2D eigenvalue weighted by Gasteiger charge is -2.20. The summed E-state index contributed by atoms with van der Waals surface area (Å²) in [7, 11) is 2.16. The first-order valence-corrected chi connectivity index (χ1v) is 7.76. The molecule has 0 aliphatic carbocycles. The minimum atomic E-state index is 0.544. The van der Waals surface area contributed by atoms with Gasteiger partial charge in [0.25, 0.3) is 0 Å². The molecule has 0 bridgehead atoms. The number of aryl methyl sites for hydroxylation is 1. The van der Waals surface area contributed by atoms with Gasteiger partial charge in [0.15, 0.2) is 5.65 Å². The Kier molecular flexibility index (Phi) is 4.99. The standard InChI is InChI=1S/C14H22BrN5/c1-10(2)19(3)6-4-5-7-20-13-12(18-14(20)16)8-11(15)9-17-13/h8-10H,4-7H2,1-3H3,(H2,16,18). The molecular weight excluding hydrogens is 318 g/mol. The third-order valence-electron chi connectivity index (χ3n) is 3.61. The van der Waals surface area contributed by atoms with Crippen molar-refractivity contribution in [2.24, 2.45) is 0 Å². The molecule has 0 radical (unpaired) electrons. The number of halogens is 1. The molecule has 110 valence electrons. The van der Waals surface area contributed by atoms with E-state index in [-0.39, 0.29) is 0 Å². The van der Waals surface area contributed by atoms with Gasteiger partial charge in [-0.25, -0.2) is 9.97 Å². The van der Waals surface area contributed by atoms with E-state index in [0.717, 1.165) is 41.6 Å². The molecule has 20 heavy (non-hydrogen) atoms. The summed E-state index contributed by atoms with van der Waals surface area (Å²) < 4.78 is 2.92. The molecule has 0 unspecified atom stereocenters. The van der Waals surface area contributed by atoms with Crippen molar-refractivity contribution < 1.29 is 0 Å². The highest BCUT2D eigenvalue weighted by atomic mass is 79.9. The number of nitrogen functional groups attached to an aromatic ring is 1. The minimum Gasteiger partial charge on any atom is -0.369 e. The number of aromatic nitrogens is 3. The van der Waals surface area contributed by atoms with Crippen LogP contribution >= 0.6 is 15.9 Å². The number of rotatable bonds is 6. The quantitative estimate of drug-likeness (QED) is 0.822. The van der Waals surface area contributed by atoms with E-state index in [2.05, 4.69) is 51.7 Å². The van der Waals surface area contributed by atoms with Gasteiger partial charge in [0.1, 0.15) is 5.52 Å². The van der Waals surface area contributed by atoms with E-state index in [1.165, 1.54) is 0 Å². The molecule has 0 fully saturated rings. The number of pyridine rings is 1. The van der Waals surface area contributed by atoms with Crippen molar-refractivity contribution in [3.63, 3.8) is 0 Å². The lowest BCUT2D eigenvalue weighted by molar-refractivity contribution is 0.266. The van der Waals surface area contributed by atoms with Crippen molar-refractivity contribution in [1.29, 1.82) is 0 Å². The second-order valence-electron chi connectivity index (χ2n) is 5.40. The Morgan fingerprint density at radius 2 is 2.15 bits per heavy atom. The van der Waals surface area contributed by atoms with Crippen molar-refractivity contribution in [3.8, 4) is 0 Å². The molecule has 0 aliphatic rings. The molecule has 0 amide bonds. The molecular formula is C14H22BrN5. The Morgan fingerprint density at radius 1 is 1.40 bits per heavy atom. The van der Waals surface area contributed by atoms with Crippen LogP contribution in [0.4, 0.5) is 5.95 Å². The third-order valence-corrected chi connectivity index (χ3v) is 4.04. The lowest BCUT2D eigenvalue weighted by Crippen LogP contribution is -2.27. The fourth-order valence-corrected chi connectivity index (χ4v) is 2.43. The van der Waals surface area contributed by atoms with Crippen LogP contribution < -0.4 is 5.73 Å². The molecule has 5 nitrogen and oxygen atoms in total.